The molecule has 2 heterocycles. The average molecular weight is 262 g/mol. The van der Waals surface area contributed by atoms with Crippen molar-refractivity contribution >= 4 is 22.9 Å². The zero-order valence-corrected chi connectivity index (χ0v) is 10.8. The number of hydrogen-bond donors (Lipinski definition) is 1. The Hall–Kier alpha value is -2.18. The number of aromatic nitrogens is 3. The molecule has 0 amide bonds. The molecule has 7 nitrogen and oxygen atoms in total. The first-order chi connectivity index (χ1) is 9.19. The van der Waals surface area contributed by atoms with Crippen LogP contribution in [0, 0.1) is 6.92 Å². The van der Waals surface area contributed by atoms with Gasteiger partial charge in [0.25, 0.3) is 5.71 Å². The summed E-state index contributed by atoms with van der Waals surface area (Å²) in [6.45, 7) is 3.79. The summed E-state index contributed by atoms with van der Waals surface area (Å²) in [6, 6.07) is 0.405. The number of hydrogen-bond acceptors (Lipinski definition) is 7. The van der Waals surface area contributed by atoms with Crippen LogP contribution in [0.1, 0.15) is 36.1 Å². The van der Waals surface area contributed by atoms with Crippen molar-refractivity contribution in [3.63, 3.8) is 0 Å². The van der Waals surface area contributed by atoms with E-state index in [1.807, 2.05) is 0 Å². The third-order valence-electron chi connectivity index (χ3n) is 2.83. The number of aryl methyl sites for hydroxylation is 1. The molecule has 100 valence electrons. The van der Waals surface area contributed by atoms with Gasteiger partial charge in [-0.2, -0.15) is 4.98 Å². The van der Waals surface area contributed by atoms with E-state index in [0.29, 0.717) is 28.8 Å². The van der Waals surface area contributed by atoms with Crippen LogP contribution in [-0.4, -0.2) is 33.7 Å². The summed E-state index contributed by atoms with van der Waals surface area (Å²) in [7, 11) is 0. The highest BCUT2D eigenvalue weighted by atomic mass is 16.5. The highest BCUT2D eigenvalue weighted by Crippen LogP contribution is 2.30. The number of carbonyl (C=O) groups is 1. The van der Waals surface area contributed by atoms with Crippen LogP contribution in [0.2, 0.25) is 0 Å². The van der Waals surface area contributed by atoms with Crippen LogP contribution >= 0.6 is 0 Å². The van der Waals surface area contributed by atoms with Gasteiger partial charge in [-0.05, 0) is 26.7 Å². The fourth-order valence-corrected chi connectivity index (χ4v) is 1.83. The van der Waals surface area contributed by atoms with Crippen molar-refractivity contribution in [2.45, 2.75) is 32.7 Å². The Bertz CT molecular complexity index is 633. The standard InChI is InChI=1S/C12H14N4O3/c1-3-18-12(17)9-8-10(15-7-4-5-7)13-6(2)14-11(8)19-16-9/h7H,3-5H2,1-2H3,(H,13,14,15). The second-order valence-corrected chi connectivity index (χ2v) is 4.47. The molecule has 0 spiro atoms. The summed E-state index contributed by atoms with van der Waals surface area (Å²) in [5.74, 6) is 0.643. The molecule has 0 atom stereocenters. The number of ether oxygens (including phenoxy) is 1. The Kier molecular flexibility index (Phi) is 2.81. The average Bonchev–Trinajstić information content (AvgIpc) is 3.06. The van der Waals surface area contributed by atoms with E-state index in [1.165, 1.54) is 0 Å². The minimum atomic E-state index is -0.521. The van der Waals surface area contributed by atoms with Crippen LogP contribution in [0.15, 0.2) is 4.52 Å². The van der Waals surface area contributed by atoms with Gasteiger partial charge in [-0.3, -0.25) is 0 Å². The molecule has 0 aromatic carbocycles. The lowest BCUT2D eigenvalue weighted by molar-refractivity contribution is 0.0517. The Balaban J connectivity index is 2.09. The number of rotatable bonds is 4. The lowest BCUT2D eigenvalue weighted by Crippen LogP contribution is -2.09. The maximum absolute atomic E-state index is 11.8. The van der Waals surface area contributed by atoms with Gasteiger partial charge in [0.2, 0.25) is 5.69 Å². The molecule has 1 fully saturated rings. The lowest BCUT2D eigenvalue weighted by atomic mass is 10.2. The van der Waals surface area contributed by atoms with Crippen molar-refractivity contribution in [1.82, 2.24) is 15.1 Å². The number of nitrogens with zero attached hydrogens (tertiary/aromatic N) is 3. The highest BCUT2D eigenvalue weighted by Gasteiger charge is 2.27. The molecular formula is C12H14N4O3. The minimum absolute atomic E-state index is 0.125. The maximum atomic E-state index is 11.8. The van der Waals surface area contributed by atoms with Crippen LogP contribution in [0.3, 0.4) is 0 Å². The molecule has 1 saturated carbocycles. The summed E-state index contributed by atoms with van der Waals surface area (Å²) >= 11 is 0. The fourth-order valence-electron chi connectivity index (χ4n) is 1.83. The second kappa shape index (κ2) is 4.49. The molecule has 0 saturated heterocycles. The van der Waals surface area contributed by atoms with Gasteiger partial charge in [0, 0.05) is 6.04 Å². The third kappa shape index (κ3) is 2.23. The molecule has 0 unspecified atom stereocenters. The smallest absolute Gasteiger partial charge is 0.361 e. The van der Waals surface area contributed by atoms with E-state index in [4.69, 9.17) is 9.26 Å². The van der Waals surface area contributed by atoms with E-state index in [1.54, 1.807) is 13.8 Å². The van der Waals surface area contributed by atoms with Gasteiger partial charge in [-0.1, -0.05) is 5.16 Å². The number of anilines is 1. The van der Waals surface area contributed by atoms with E-state index in [0.717, 1.165) is 12.8 Å². The monoisotopic (exact) mass is 262 g/mol. The van der Waals surface area contributed by atoms with Gasteiger partial charge in [0.15, 0.2) is 0 Å². The van der Waals surface area contributed by atoms with Crippen LogP contribution in [0.25, 0.3) is 11.1 Å². The van der Waals surface area contributed by atoms with E-state index in [9.17, 15) is 4.79 Å². The van der Waals surface area contributed by atoms with E-state index >= 15 is 0 Å². The Labute approximate surface area is 109 Å². The van der Waals surface area contributed by atoms with E-state index in [-0.39, 0.29) is 12.3 Å². The van der Waals surface area contributed by atoms with Crippen LogP contribution in [-0.2, 0) is 4.74 Å². The molecule has 1 N–H and O–H groups in total. The molecule has 3 rings (SSSR count). The van der Waals surface area contributed by atoms with Crippen molar-refractivity contribution in [3.8, 4) is 0 Å². The molecular weight excluding hydrogens is 248 g/mol. The highest BCUT2D eigenvalue weighted by molar-refractivity contribution is 6.04. The number of esters is 1. The summed E-state index contributed by atoms with van der Waals surface area (Å²) in [4.78, 5) is 20.3. The number of nitrogens with one attached hydrogen (secondary N) is 1. The van der Waals surface area contributed by atoms with Gasteiger partial charge in [-0.15, -0.1) is 0 Å². The van der Waals surface area contributed by atoms with Gasteiger partial charge in [-0.25, -0.2) is 9.78 Å². The topological polar surface area (TPSA) is 90.1 Å². The van der Waals surface area contributed by atoms with Crippen molar-refractivity contribution in [3.05, 3.63) is 11.5 Å². The van der Waals surface area contributed by atoms with Gasteiger partial charge < -0.3 is 14.6 Å². The fraction of sp³-hybridized carbons (Fsp3) is 0.500. The zero-order chi connectivity index (χ0) is 13.4. The van der Waals surface area contributed by atoms with Gasteiger partial charge in [0.1, 0.15) is 17.0 Å². The van der Waals surface area contributed by atoms with Crippen molar-refractivity contribution < 1.29 is 14.1 Å². The first-order valence-electron chi connectivity index (χ1n) is 6.26. The first-order valence-corrected chi connectivity index (χ1v) is 6.26. The van der Waals surface area contributed by atoms with E-state index in [2.05, 4.69) is 20.4 Å². The molecule has 0 bridgehead atoms. The second-order valence-electron chi connectivity index (χ2n) is 4.47. The summed E-state index contributed by atoms with van der Waals surface area (Å²) < 4.78 is 10.1. The first kappa shape index (κ1) is 11.9. The van der Waals surface area contributed by atoms with Crippen molar-refractivity contribution in [1.29, 1.82) is 0 Å². The third-order valence-corrected chi connectivity index (χ3v) is 2.83. The van der Waals surface area contributed by atoms with Gasteiger partial charge in [0.05, 0.1) is 6.61 Å². The molecule has 0 radical (unpaired) electrons. The maximum Gasteiger partial charge on any atom is 0.361 e. The van der Waals surface area contributed by atoms with E-state index < -0.39 is 5.97 Å². The number of fused-ring (bicyclic) bond motifs is 1. The van der Waals surface area contributed by atoms with Crippen LogP contribution < -0.4 is 5.32 Å². The molecule has 7 heteroatoms. The van der Waals surface area contributed by atoms with Gasteiger partial charge >= 0.3 is 5.97 Å². The molecule has 0 aliphatic heterocycles. The normalized spacial score (nSPS) is 14.6. The lowest BCUT2D eigenvalue weighted by Gasteiger charge is -2.05. The Morgan fingerprint density at radius 2 is 2.26 bits per heavy atom. The summed E-state index contributed by atoms with van der Waals surface area (Å²) in [6.07, 6.45) is 2.20. The van der Waals surface area contributed by atoms with Crippen LogP contribution in [0.4, 0.5) is 5.82 Å². The summed E-state index contributed by atoms with van der Waals surface area (Å²) in [5.41, 5.74) is 0.429. The quantitative estimate of drug-likeness (QED) is 0.838. The zero-order valence-electron chi connectivity index (χ0n) is 10.8. The summed E-state index contributed by atoms with van der Waals surface area (Å²) in [5, 5.41) is 7.51. The molecule has 2 aromatic heterocycles. The Morgan fingerprint density at radius 3 is 2.95 bits per heavy atom. The molecule has 1 aliphatic rings. The van der Waals surface area contributed by atoms with Crippen LogP contribution in [0.5, 0.6) is 0 Å². The molecule has 2 aromatic rings. The SMILES string of the molecule is CCOC(=O)c1noc2nc(C)nc(NC3CC3)c12. The largest absolute Gasteiger partial charge is 0.461 e. The predicted molar refractivity (Wildman–Crippen MR) is 66.9 cm³/mol. The van der Waals surface area contributed by atoms with Crippen molar-refractivity contribution in [2.75, 3.05) is 11.9 Å². The predicted octanol–water partition coefficient (Wildman–Crippen LogP) is 1.68. The van der Waals surface area contributed by atoms with Crippen molar-refractivity contribution in [2.24, 2.45) is 0 Å². The molecule has 19 heavy (non-hydrogen) atoms. The Morgan fingerprint density at radius 1 is 1.47 bits per heavy atom. The minimum Gasteiger partial charge on any atom is -0.461 e. The number of carbonyl (C=O) groups excluding carboxylic acids is 1. The molecule has 1 aliphatic carbocycles.